The molecule has 1 saturated heterocycles. The van der Waals surface area contributed by atoms with Gasteiger partial charge in [0.2, 0.25) is 0 Å². The first kappa shape index (κ1) is 13.3. The molecule has 2 heterocycles. The monoisotopic (exact) mass is 274 g/mol. The van der Waals surface area contributed by atoms with Gasteiger partial charge in [-0.1, -0.05) is 0 Å². The van der Waals surface area contributed by atoms with Gasteiger partial charge in [0.1, 0.15) is 17.5 Å². The topological polar surface area (TPSA) is 82.9 Å². The van der Waals surface area contributed by atoms with Crippen molar-refractivity contribution in [2.45, 2.75) is 32.2 Å². The zero-order valence-corrected chi connectivity index (χ0v) is 12.0. The number of hydrogen-bond acceptors (Lipinski definition) is 5. The van der Waals surface area contributed by atoms with Crippen LogP contribution in [0.5, 0.6) is 0 Å². The van der Waals surface area contributed by atoms with Crippen LogP contribution in [0.1, 0.15) is 37.8 Å². The summed E-state index contributed by atoms with van der Waals surface area (Å²) in [6.07, 6.45) is 3.55. The number of aromatic nitrogens is 2. The number of nitrogen functional groups attached to an aromatic ring is 1. The third-order valence-corrected chi connectivity index (χ3v) is 4.37. The van der Waals surface area contributed by atoms with E-state index in [2.05, 4.69) is 28.3 Å². The lowest BCUT2D eigenvalue weighted by Crippen LogP contribution is -2.29. The molecule has 1 aliphatic carbocycles. The number of hydrogen-bond donors (Lipinski definition) is 2. The predicted octanol–water partition coefficient (Wildman–Crippen LogP) is 1.11. The molecule has 2 fully saturated rings. The molecule has 2 aliphatic rings. The van der Waals surface area contributed by atoms with E-state index in [0.29, 0.717) is 23.3 Å². The van der Waals surface area contributed by atoms with Crippen LogP contribution in [0.2, 0.25) is 0 Å². The van der Waals surface area contributed by atoms with Gasteiger partial charge in [-0.25, -0.2) is 4.68 Å². The van der Waals surface area contributed by atoms with Gasteiger partial charge < -0.3 is 16.0 Å². The second-order valence-corrected chi connectivity index (χ2v) is 5.81. The SMILES string of the molecule is CC(C1CC1)n1nc(N2CCCNCC2)c(C#N)c1N. The van der Waals surface area contributed by atoms with Crippen LogP contribution in [0.15, 0.2) is 0 Å². The first-order valence-electron chi connectivity index (χ1n) is 7.46. The van der Waals surface area contributed by atoms with Crippen LogP contribution in [-0.2, 0) is 0 Å². The number of nitrogens with zero attached hydrogens (tertiary/aromatic N) is 4. The van der Waals surface area contributed by atoms with Crippen LogP contribution in [0, 0.1) is 17.2 Å². The van der Waals surface area contributed by atoms with Crippen LogP contribution in [-0.4, -0.2) is 36.0 Å². The normalized spacial score (nSPS) is 21.3. The van der Waals surface area contributed by atoms with Gasteiger partial charge in [0.25, 0.3) is 0 Å². The number of nitriles is 1. The Morgan fingerprint density at radius 1 is 1.40 bits per heavy atom. The highest BCUT2D eigenvalue weighted by molar-refractivity contribution is 5.65. The first-order chi connectivity index (χ1) is 9.72. The molecule has 1 atom stereocenters. The van der Waals surface area contributed by atoms with Crippen molar-refractivity contribution in [3.8, 4) is 6.07 Å². The maximum Gasteiger partial charge on any atom is 0.170 e. The van der Waals surface area contributed by atoms with E-state index in [9.17, 15) is 5.26 Å². The standard InChI is InChI=1S/C14H22N6/c1-10(11-3-4-11)20-13(16)12(9-15)14(18-20)19-7-2-5-17-6-8-19/h10-11,17H,2-8,16H2,1H3. The van der Waals surface area contributed by atoms with E-state index in [1.165, 1.54) is 12.8 Å². The van der Waals surface area contributed by atoms with Gasteiger partial charge in [-0.05, 0) is 38.6 Å². The second-order valence-electron chi connectivity index (χ2n) is 5.81. The highest BCUT2D eigenvalue weighted by Gasteiger charge is 2.33. The molecule has 1 saturated carbocycles. The predicted molar refractivity (Wildman–Crippen MR) is 78.5 cm³/mol. The number of anilines is 2. The van der Waals surface area contributed by atoms with E-state index >= 15 is 0 Å². The highest BCUT2D eigenvalue weighted by Crippen LogP contribution is 2.41. The molecule has 1 aromatic heterocycles. The van der Waals surface area contributed by atoms with Crippen LogP contribution < -0.4 is 16.0 Å². The van der Waals surface area contributed by atoms with Crippen molar-refractivity contribution in [2.24, 2.45) is 5.92 Å². The molecule has 6 heteroatoms. The van der Waals surface area contributed by atoms with Crippen LogP contribution >= 0.6 is 0 Å². The van der Waals surface area contributed by atoms with Gasteiger partial charge in [0.05, 0.1) is 6.04 Å². The molecule has 0 bridgehead atoms. The molecule has 6 nitrogen and oxygen atoms in total. The van der Waals surface area contributed by atoms with E-state index in [0.717, 1.165) is 38.4 Å². The first-order valence-corrected chi connectivity index (χ1v) is 7.46. The fourth-order valence-electron chi connectivity index (χ4n) is 2.91. The quantitative estimate of drug-likeness (QED) is 0.862. The number of rotatable bonds is 3. The summed E-state index contributed by atoms with van der Waals surface area (Å²) in [5, 5.41) is 17.5. The molecule has 108 valence electrons. The summed E-state index contributed by atoms with van der Waals surface area (Å²) >= 11 is 0. The van der Waals surface area contributed by atoms with Gasteiger partial charge in [-0.2, -0.15) is 10.4 Å². The summed E-state index contributed by atoms with van der Waals surface area (Å²) < 4.78 is 1.86. The zero-order chi connectivity index (χ0) is 14.1. The third-order valence-electron chi connectivity index (χ3n) is 4.37. The molecule has 3 N–H and O–H groups in total. The summed E-state index contributed by atoms with van der Waals surface area (Å²) in [6.45, 7) is 5.90. The summed E-state index contributed by atoms with van der Waals surface area (Å²) in [6, 6.07) is 2.54. The van der Waals surface area contributed by atoms with E-state index in [1.807, 2.05) is 4.68 Å². The maximum atomic E-state index is 9.42. The van der Waals surface area contributed by atoms with Gasteiger partial charge in [0.15, 0.2) is 5.82 Å². The Morgan fingerprint density at radius 2 is 2.20 bits per heavy atom. The molecule has 0 radical (unpaired) electrons. The molecule has 1 aliphatic heterocycles. The van der Waals surface area contributed by atoms with Gasteiger partial charge >= 0.3 is 0 Å². The van der Waals surface area contributed by atoms with Crippen molar-refractivity contribution in [2.75, 3.05) is 36.8 Å². The fourth-order valence-corrected chi connectivity index (χ4v) is 2.91. The lowest BCUT2D eigenvalue weighted by Gasteiger charge is -2.19. The van der Waals surface area contributed by atoms with Crippen LogP contribution in [0.25, 0.3) is 0 Å². The van der Waals surface area contributed by atoms with E-state index in [-0.39, 0.29) is 0 Å². The molecule has 20 heavy (non-hydrogen) atoms. The van der Waals surface area contributed by atoms with Gasteiger partial charge in [0, 0.05) is 19.6 Å². The smallest absolute Gasteiger partial charge is 0.170 e. The minimum atomic E-state index is 0.293. The van der Waals surface area contributed by atoms with Gasteiger partial charge in [-0.3, -0.25) is 0 Å². The Balaban J connectivity index is 1.93. The molecular formula is C14H22N6. The van der Waals surface area contributed by atoms with E-state index < -0.39 is 0 Å². The maximum absolute atomic E-state index is 9.42. The summed E-state index contributed by atoms with van der Waals surface area (Å²) in [7, 11) is 0. The Hall–Kier alpha value is -1.74. The molecular weight excluding hydrogens is 252 g/mol. The van der Waals surface area contributed by atoms with Crippen molar-refractivity contribution in [1.82, 2.24) is 15.1 Å². The minimum absolute atomic E-state index is 0.293. The van der Waals surface area contributed by atoms with Crippen molar-refractivity contribution in [3.63, 3.8) is 0 Å². The Kier molecular flexibility index (Phi) is 3.53. The van der Waals surface area contributed by atoms with Crippen molar-refractivity contribution >= 4 is 11.6 Å². The molecule has 0 aromatic carbocycles. The lowest BCUT2D eigenvalue weighted by molar-refractivity contribution is 0.446. The Labute approximate surface area is 119 Å². The van der Waals surface area contributed by atoms with Crippen LogP contribution in [0.3, 0.4) is 0 Å². The van der Waals surface area contributed by atoms with Crippen molar-refractivity contribution in [1.29, 1.82) is 5.26 Å². The Morgan fingerprint density at radius 3 is 2.90 bits per heavy atom. The fraction of sp³-hybridized carbons (Fsp3) is 0.714. The molecule has 0 spiro atoms. The summed E-state index contributed by atoms with van der Waals surface area (Å²) in [4.78, 5) is 2.19. The largest absolute Gasteiger partial charge is 0.383 e. The summed E-state index contributed by atoms with van der Waals surface area (Å²) in [5.41, 5.74) is 6.70. The Bertz CT molecular complexity index is 517. The number of nitrogens with two attached hydrogens (primary N) is 1. The van der Waals surface area contributed by atoms with Gasteiger partial charge in [-0.15, -0.1) is 0 Å². The highest BCUT2D eigenvalue weighted by atomic mass is 15.4. The van der Waals surface area contributed by atoms with Crippen molar-refractivity contribution in [3.05, 3.63) is 5.56 Å². The van der Waals surface area contributed by atoms with E-state index in [4.69, 9.17) is 5.73 Å². The zero-order valence-electron chi connectivity index (χ0n) is 12.0. The number of nitrogens with one attached hydrogen (secondary N) is 1. The lowest BCUT2D eigenvalue weighted by atomic mass is 10.2. The summed E-state index contributed by atoms with van der Waals surface area (Å²) in [5.74, 6) is 1.96. The molecule has 1 aromatic rings. The van der Waals surface area contributed by atoms with E-state index in [1.54, 1.807) is 0 Å². The molecule has 0 amide bonds. The average Bonchev–Trinajstić information content (AvgIpc) is 3.25. The third kappa shape index (κ3) is 2.34. The van der Waals surface area contributed by atoms with Crippen molar-refractivity contribution < 1.29 is 0 Å². The average molecular weight is 274 g/mol. The second kappa shape index (κ2) is 5.33. The van der Waals surface area contributed by atoms with Crippen LogP contribution in [0.4, 0.5) is 11.6 Å². The minimum Gasteiger partial charge on any atom is -0.383 e. The molecule has 1 unspecified atom stereocenters. The molecule has 3 rings (SSSR count).